The van der Waals surface area contributed by atoms with Gasteiger partial charge in [0.1, 0.15) is 6.04 Å². The molecule has 0 aliphatic heterocycles. The molecule has 1 N–H and O–H groups in total. The fourth-order valence-corrected chi connectivity index (χ4v) is 4.01. The van der Waals surface area contributed by atoms with E-state index in [2.05, 4.69) is 10.4 Å². The summed E-state index contributed by atoms with van der Waals surface area (Å²) in [5.74, 6) is -0.217. The molecule has 2 aromatic heterocycles. The molecule has 0 saturated heterocycles. The maximum atomic E-state index is 13.2. The third-order valence-electron chi connectivity index (χ3n) is 5.35. The van der Waals surface area contributed by atoms with E-state index in [9.17, 15) is 9.59 Å². The summed E-state index contributed by atoms with van der Waals surface area (Å²) < 4.78 is 3.25. The molecule has 2 aromatic carbocycles. The SMILES string of the molecule is Cc1c2cnn(-c3ccccc3)c(=O)c2c(C)n1C(C)C(=O)Nc1ccccc1Cl. The Bertz CT molecular complexity index is 1310. The van der Waals surface area contributed by atoms with Crippen LogP contribution in [0.5, 0.6) is 0 Å². The molecule has 6 nitrogen and oxygen atoms in total. The van der Waals surface area contributed by atoms with E-state index in [-0.39, 0.29) is 11.5 Å². The molecule has 0 aliphatic carbocycles. The molecule has 4 rings (SSSR count). The van der Waals surface area contributed by atoms with Crippen LogP contribution in [-0.2, 0) is 4.79 Å². The third kappa shape index (κ3) is 3.29. The molecule has 152 valence electrons. The number of rotatable bonds is 4. The number of fused-ring (bicyclic) bond motifs is 1. The summed E-state index contributed by atoms with van der Waals surface area (Å²) in [6.07, 6.45) is 1.68. The Hall–Kier alpha value is -3.38. The van der Waals surface area contributed by atoms with Crippen LogP contribution in [0.3, 0.4) is 0 Å². The van der Waals surface area contributed by atoms with Crippen LogP contribution in [0.15, 0.2) is 65.6 Å². The Balaban J connectivity index is 1.78. The molecule has 1 unspecified atom stereocenters. The normalized spacial score (nSPS) is 12.1. The Morgan fingerprint density at radius 2 is 1.70 bits per heavy atom. The van der Waals surface area contributed by atoms with E-state index >= 15 is 0 Å². The molecule has 0 spiro atoms. The van der Waals surface area contributed by atoms with Crippen molar-refractivity contribution in [3.05, 3.63) is 87.6 Å². The number of nitrogens with one attached hydrogen (secondary N) is 1. The second-order valence-corrected chi connectivity index (χ2v) is 7.58. The maximum absolute atomic E-state index is 13.2. The molecule has 4 aromatic rings. The molecular formula is C23H21ClN4O2. The number of para-hydroxylation sites is 2. The van der Waals surface area contributed by atoms with Crippen LogP contribution < -0.4 is 10.9 Å². The molecule has 0 saturated carbocycles. The zero-order valence-corrected chi connectivity index (χ0v) is 17.6. The van der Waals surface area contributed by atoms with Gasteiger partial charge in [-0.2, -0.15) is 9.78 Å². The molecule has 30 heavy (non-hydrogen) atoms. The zero-order chi connectivity index (χ0) is 21.4. The number of nitrogens with zero attached hydrogens (tertiary/aromatic N) is 3. The predicted molar refractivity (Wildman–Crippen MR) is 120 cm³/mol. The van der Waals surface area contributed by atoms with Gasteiger partial charge in [0.05, 0.1) is 28.0 Å². The van der Waals surface area contributed by atoms with Gasteiger partial charge in [-0.15, -0.1) is 0 Å². The van der Waals surface area contributed by atoms with Crippen LogP contribution in [0.1, 0.15) is 24.4 Å². The standard InChI is InChI=1S/C23H21ClN4O2/c1-14-18-13-25-28(17-9-5-4-6-10-17)23(30)21(18)15(2)27(14)16(3)22(29)26-20-12-8-7-11-19(20)24/h4-13,16H,1-3H3,(H,26,29). The summed E-state index contributed by atoms with van der Waals surface area (Å²) in [6.45, 7) is 5.54. The smallest absolute Gasteiger partial charge is 0.281 e. The first-order valence-corrected chi connectivity index (χ1v) is 9.98. The first-order valence-electron chi connectivity index (χ1n) is 9.60. The minimum absolute atomic E-state index is 0.211. The molecule has 1 atom stereocenters. The van der Waals surface area contributed by atoms with Gasteiger partial charge in [-0.05, 0) is 45.0 Å². The van der Waals surface area contributed by atoms with Crippen molar-refractivity contribution < 1.29 is 4.79 Å². The van der Waals surface area contributed by atoms with E-state index < -0.39 is 6.04 Å². The summed E-state index contributed by atoms with van der Waals surface area (Å²) in [6, 6.07) is 15.8. The first-order chi connectivity index (χ1) is 14.4. The van der Waals surface area contributed by atoms with Crippen LogP contribution in [0.2, 0.25) is 5.02 Å². The van der Waals surface area contributed by atoms with Gasteiger partial charge in [-0.1, -0.05) is 41.9 Å². The van der Waals surface area contributed by atoms with Crippen molar-refractivity contribution in [1.29, 1.82) is 0 Å². The van der Waals surface area contributed by atoms with Crippen molar-refractivity contribution in [2.75, 3.05) is 5.32 Å². The first kappa shape index (κ1) is 19.9. The van der Waals surface area contributed by atoms with Gasteiger partial charge in [0, 0.05) is 16.8 Å². The number of hydrogen-bond donors (Lipinski definition) is 1. The van der Waals surface area contributed by atoms with Crippen molar-refractivity contribution >= 4 is 34.0 Å². The van der Waals surface area contributed by atoms with Gasteiger partial charge < -0.3 is 9.88 Å². The van der Waals surface area contributed by atoms with E-state index in [1.54, 1.807) is 31.3 Å². The number of halogens is 1. The Morgan fingerprint density at radius 3 is 2.40 bits per heavy atom. The van der Waals surface area contributed by atoms with E-state index in [0.29, 0.717) is 21.8 Å². The fourth-order valence-electron chi connectivity index (χ4n) is 3.83. The summed E-state index contributed by atoms with van der Waals surface area (Å²) in [5.41, 5.74) is 2.57. The van der Waals surface area contributed by atoms with Gasteiger partial charge in [-0.3, -0.25) is 9.59 Å². The maximum Gasteiger partial charge on any atom is 0.281 e. The summed E-state index contributed by atoms with van der Waals surface area (Å²) in [7, 11) is 0. The van der Waals surface area contributed by atoms with Crippen molar-refractivity contribution in [3.8, 4) is 5.69 Å². The predicted octanol–water partition coefficient (Wildman–Crippen LogP) is 4.66. The number of benzene rings is 2. The molecule has 7 heteroatoms. The minimum Gasteiger partial charge on any atom is -0.336 e. The van der Waals surface area contributed by atoms with Gasteiger partial charge >= 0.3 is 0 Å². The molecule has 1 amide bonds. The topological polar surface area (TPSA) is 68.9 Å². The van der Waals surface area contributed by atoms with Gasteiger partial charge in [0.2, 0.25) is 5.91 Å². The highest BCUT2D eigenvalue weighted by Crippen LogP contribution is 2.28. The van der Waals surface area contributed by atoms with E-state index in [1.807, 2.05) is 54.8 Å². The van der Waals surface area contributed by atoms with Crippen molar-refractivity contribution in [2.45, 2.75) is 26.8 Å². The van der Waals surface area contributed by atoms with Crippen molar-refractivity contribution in [2.24, 2.45) is 0 Å². The van der Waals surface area contributed by atoms with Gasteiger partial charge in [0.25, 0.3) is 5.56 Å². The highest BCUT2D eigenvalue weighted by Gasteiger charge is 2.24. The number of aryl methyl sites for hydroxylation is 2. The lowest BCUT2D eigenvalue weighted by Crippen LogP contribution is -2.25. The number of carbonyl (C=O) groups excluding carboxylic acids is 1. The highest BCUT2D eigenvalue weighted by molar-refractivity contribution is 6.33. The van der Waals surface area contributed by atoms with Gasteiger partial charge in [-0.25, -0.2) is 0 Å². The molecule has 0 bridgehead atoms. The molecule has 0 radical (unpaired) electrons. The van der Waals surface area contributed by atoms with Crippen LogP contribution in [0, 0.1) is 13.8 Å². The Morgan fingerprint density at radius 1 is 1.03 bits per heavy atom. The number of aromatic nitrogens is 3. The van der Waals surface area contributed by atoms with Crippen LogP contribution >= 0.6 is 11.6 Å². The summed E-state index contributed by atoms with van der Waals surface area (Å²) >= 11 is 6.17. The number of anilines is 1. The summed E-state index contributed by atoms with van der Waals surface area (Å²) in [4.78, 5) is 26.1. The summed E-state index contributed by atoms with van der Waals surface area (Å²) in [5, 5.41) is 8.99. The quantitative estimate of drug-likeness (QED) is 0.522. The lowest BCUT2D eigenvalue weighted by atomic mass is 10.2. The number of amides is 1. The highest BCUT2D eigenvalue weighted by atomic mass is 35.5. The van der Waals surface area contributed by atoms with E-state index in [0.717, 1.165) is 16.8 Å². The van der Waals surface area contributed by atoms with E-state index in [1.165, 1.54) is 4.68 Å². The van der Waals surface area contributed by atoms with Crippen LogP contribution in [-0.4, -0.2) is 20.3 Å². The minimum atomic E-state index is -0.543. The average Bonchev–Trinajstić information content (AvgIpc) is 3.00. The molecule has 2 heterocycles. The average molecular weight is 421 g/mol. The molecular weight excluding hydrogens is 400 g/mol. The largest absolute Gasteiger partial charge is 0.336 e. The zero-order valence-electron chi connectivity index (χ0n) is 16.9. The second-order valence-electron chi connectivity index (χ2n) is 7.17. The number of carbonyl (C=O) groups is 1. The molecule has 0 aliphatic rings. The van der Waals surface area contributed by atoms with Crippen molar-refractivity contribution in [3.63, 3.8) is 0 Å². The molecule has 0 fully saturated rings. The Kier molecular flexibility index (Phi) is 5.18. The van der Waals surface area contributed by atoms with Crippen LogP contribution in [0.25, 0.3) is 16.5 Å². The van der Waals surface area contributed by atoms with Crippen molar-refractivity contribution in [1.82, 2.24) is 14.3 Å². The van der Waals surface area contributed by atoms with E-state index in [4.69, 9.17) is 11.6 Å². The Labute approximate surface area is 178 Å². The fraction of sp³-hybridized carbons (Fsp3) is 0.174. The number of hydrogen-bond acceptors (Lipinski definition) is 3. The monoisotopic (exact) mass is 420 g/mol. The lowest BCUT2D eigenvalue weighted by Gasteiger charge is -2.18. The lowest BCUT2D eigenvalue weighted by molar-refractivity contribution is -0.118. The van der Waals surface area contributed by atoms with Crippen LogP contribution in [0.4, 0.5) is 5.69 Å². The third-order valence-corrected chi connectivity index (χ3v) is 5.68. The van der Waals surface area contributed by atoms with Gasteiger partial charge in [0.15, 0.2) is 0 Å². The second kappa shape index (κ2) is 7.80.